The third kappa shape index (κ3) is 4.56. The highest BCUT2D eigenvalue weighted by molar-refractivity contribution is 6.32. The lowest BCUT2D eigenvalue weighted by molar-refractivity contribution is 0.0920. The number of methoxy groups -OCH3 is 1. The van der Waals surface area contributed by atoms with E-state index in [1.54, 1.807) is 36.4 Å². The van der Waals surface area contributed by atoms with Crippen LogP contribution in [0.15, 0.2) is 66.7 Å². The van der Waals surface area contributed by atoms with Crippen LogP contribution in [0.2, 0.25) is 5.02 Å². The fraction of sp³-hybridized carbons (Fsp3) is 0.0909. The summed E-state index contributed by atoms with van der Waals surface area (Å²) in [5, 5.41) is 0.344. The van der Waals surface area contributed by atoms with Gasteiger partial charge in [-0.25, -0.2) is 4.39 Å². The number of halogens is 2. The lowest BCUT2D eigenvalue weighted by Gasteiger charge is -2.08. The molecule has 3 rings (SSSR count). The molecule has 0 bridgehead atoms. The van der Waals surface area contributed by atoms with Gasteiger partial charge in [0, 0.05) is 16.7 Å². The van der Waals surface area contributed by atoms with Gasteiger partial charge in [0.05, 0.1) is 12.1 Å². The first-order chi connectivity index (χ1) is 13.5. The highest BCUT2D eigenvalue weighted by Gasteiger charge is 2.12. The minimum absolute atomic E-state index is 0.173. The zero-order chi connectivity index (χ0) is 20.1. The standard InChI is InChI=1S/C22H16ClFO4/c1-27-21-11-6-16(12-19(21)23)20(25)13-28-18-9-4-15(5-10-18)22(26)14-2-7-17(24)8-3-14/h2-12H,13H2,1H3. The maximum atomic E-state index is 13.0. The molecule has 0 heterocycles. The second-order valence-corrected chi connectivity index (χ2v) is 6.33. The Hall–Kier alpha value is -3.18. The summed E-state index contributed by atoms with van der Waals surface area (Å²) in [5.41, 5.74) is 1.24. The zero-order valence-corrected chi connectivity index (χ0v) is 15.7. The third-order valence-electron chi connectivity index (χ3n) is 4.07. The van der Waals surface area contributed by atoms with Crippen LogP contribution < -0.4 is 9.47 Å². The normalized spacial score (nSPS) is 10.4. The van der Waals surface area contributed by atoms with Crippen LogP contribution in [-0.2, 0) is 0 Å². The van der Waals surface area contributed by atoms with Gasteiger partial charge >= 0.3 is 0 Å². The smallest absolute Gasteiger partial charge is 0.200 e. The first-order valence-corrected chi connectivity index (χ1v) is 8.75. The van der Waals surface area contributed by atoms with Crippen LogP contribution in [0.25, 0.3) is 0 Å². The molecule has 0 N–H and O–H groups in total. The Morgan fingerprint density at radius 3 is 2.04 bits per heavy atom. The Morgan fingerprint density at radius 2 is 1.46 bits per heavy atom. The van der Waals surface area contributed by atoms with Crippen LogP contribution in [0.4, 0.5) is 4.39 Å². The Kier molecular flexibility index (Phi) is 6.06. The van der Waals surface area contributed by atoms with Gasteiger partial charge in [0.25, 0.3) is 0 Å². The number of Topliss-reactive ketones (excluding diaryl/α,β-unsaturated/α-hetero) is 1. The highest BCUT2D eigenvalue weighted by atomic mass is 35.5. The Balaban J connectivity index is 1.62. The van der Waals surface area contributed by atoms with Crippen molar-refractivity contribution in [2.24, 2.45) is 0 Å². The van der Waals surface area contributed by atoms with Crippen molar-refractivity contribution in [3.8, 4) is 11.5 Å². The molecule has 0 fully saturated rings. The molecule has 3 aromatic rings. The van der Waals surface area contributed by atoms with E-state index in [2.05, 4.69) is 0 Å². The van der Waals surface area contributed by atoms with Crippen molar-refractivity contribution >= 4 is 23.2 Å². The first-order valence-electron chi connectivity index (χ1n) is 8.38. The second-order valence-electron chi connectivity index (χ2n) is 5.92. The molecule has 0 atom stereocenters. The van der Waals surface area contributed by atoms with Crippen molar-refractivity contribution in [2.45, 2.75) is 0 Å². The summed E-state index contributed by atoms with van der Waals surface area (Å²) in [6, 6.07) is 16.5. The SMILES string of the molecule is COc1ccc(C(=O)COc2ccc(C(=O)c3ccc(F)cc3)cc2)cc1Cl. The molecule has 0 aromatic heterocycles. The predicted octanol–water partition coefficient (Wildman–Crippen LogP) is 4.98. The molecule has 142 valence electrons. The van der Waals surface area contributed by atoms with Crippen LogP contribution in [0.5, 0.6) is 11.5 Å². The summed E-state index contributed by atoms with van der Waals surface area (Å²) in [4.78, 5) is 24.6. The van der Waals surface area contributed by atoms with Crippen molar-refractivity contribution < 1.29 is 23.5 Å². The summed E-state index contributed by atoms with van der Waals surface area (Å²) in [7, 11) is 1.50. The molecule has 0 aliphatic rings. The number of ketones is 2. The molecule has 0 aliphatic carbocycles. The molecule has 0 aliphatic heterocycles. The molecule has 0 unspecified atom stereocenters. The molecule has 28 heavy (non-hydrogen) atoms. The van der Waals surface area contributed by atoms with Crippen molar-refractivity contribution in [3.05, 3.63) is 94.3 Å². The molecule has 0 saturated heterocycles. The molecule has 0 amide bonds. The van der Waals surface area contributed by atoms with E-state index in [4.69, 9.17) is 21.1 Å². The number of carbonyl (C=O) groups is 2. The van der Waals surface area contributed by atoms with Crippen molar-refractivity contribution in [2.75, 3.05) is 13.7 Å². The van der Waals surface area contributed by atoms with Gasteiger partial charge in [-0.15, -0.1) is 0 Å². The molecule has 0 radical (unpaired) electrons. The van der Waals surface area contributed by atoms with E-state index in [1.807, 2.05) is 0 Å². The van der Waals surface area contributed by atoms with E-state index in [0.29, 0.717) is 33.2 Å². The quantitative estimate of drug-likeness (QED) is 0.527. The average Bonchev–Trinajstić information content (AvgIpc) is 2.72. The zero-order valence-electron chi connectivity index (χ0n) is 14.9. The average molecular weight is 399 g/mol. The number of rotatable bonds is 7. The van der Waals surface area contributed by atoms with E-state index in [1.165, 1.54) is 37.4 Å². The fourth-order valence-corrected chi connectivity index (χ4v) is 2.80. The summed E-state index contributed by atoms with van der Waals surface area (Å²) in [6.07, 6.45) is 0. The maximum Gasteiger partial charge on any atom is 0.200 e. The topological polar surface area (TPSA) is 52.6 Å². The van der Waals surface area contributed by atoms with Crippen LogP contribution in [0.3, 0.4) is 0 Å². The van der Waals surface area contributed by atoms with Gasteiger partial charge < -0.3 is 9.47 Å². The highest BCUT2D eigenvalue weighted by Crippen LogP contribution is 2.25. The van der Waals surface area contributed by atoms with Crippen LogP contribution in [0, 0.1) is 5.82 Å². The number of carbonyl (C=O) groups excluding carboxylic acids is 2. The summed E-state index contributed by atoms with van der Waals surface area (Å²) in [6.45, 7) is -0.173. The summed E-state index contributed by atoms with van der Waals surface area (Å²) < 4.78 is 23.5. The van der Waals surface area contributed by atoms with Gasteiger partial charge in [0.15, 0.2) is 18.2 Å². The van der Waals surface area contributed by atoms with Gasteiger partial charge in [-0.2, -0.15) is 0 Å². The summed E-state index contributed by atoms with van der Waals surface area (Å²) >= 11 is 6.03. The molecular weight excluding hydrogens is 383 g/mol. The van der Waals surface area contributed by atoms with Crippen molar-refractivity contribution in [3.63, 3.8) is 0 Å². The van der Waals surface area contributed by atoms with Crippen LogP contribution in [0.1, 0.15) is 26.3 Å². The molecular formula is C22H16ClFO4. The monoisotopic (exact) mass is 398 g/mol. The minimum Gasteiger partial charge on any atom is -0.495 e. The Bertz CT molecular complexity index is 998. The number of hydrogen-bond donors (Lipinski definition) is 0. The van der Waals surface area contributed by atoms with Crippen LogP contribution >= 0.6 is 11.6 Å². The second kappa shape index (κ2) is 8.67. The molecule has 4 nitrogen and oxygen atoms in total. The Labute approximate surface area is 166 Å². The third-order valence-corrected chi connectivity index (χ3v) is 4.36. The van der Waals surface area contributed by atoms with E-state index in [9.17, 15) is 14.0 Å². The van der Waals surface area contributed by atoms with Crippen LogP contribution in [-0.4, -0.2) is 25.3 Å². The van der Waals surface area contributed by atoms with E-state index in [0.717, 1.165) is 0 Å². The van der Waals surface area contributed by atoms with E-state index < -0.39 is 5.82 Å². The molecule has 0 saturated carbocycles. The Morgan fingerprint density at radius 1 is 0.893 bits per heavy atom. The molecule has 0 spiro atoms. The van der Waals surface area contributed by atoms with Crippen molar-refractivity contribution in [1.29, 1.82) is 0 Å². The van der Waals surface area contributed by atoms with Gasteiger partial charge in [-0.3, -0.25) is 9.59 Å². The number of ether oxygens (including phenoxy) is 2. The molecule has 3 aromatic carbocycles. The maximum absolute atomic E-state index is 13.0. The van der Waals surface area contributed by atoms with Gasteiger partial charge in [0.1, 0.15) is 17.3 Å². The lowest BCUT2D eigenvalue weighted by Crippen LogP contribution is -2.11. The number of hydrogen-bond acceptors (Lipinski definition) is 4. The minimum atomic E-state index is -0.400. The van der Waals surface area contributed by atoms with Gasteiger partial charge in [0.2, 0.25) is 0 Å². The van der Waals surface area contributed by atoms with Gasteiger partial charge in [-0.05, 0) is 66.7 Å². The van der Waals surface area contributed by atoms with Gasteiger partial charge in [-0.1, -0.05) is 11.6 Å². The fourth-order valence-electron chi connectivity index (χ4n) is 2.54. The van der Waals surface area contributed by atoms with E-state index in [-0.39, 0.29) is 18.2 Å². The lowest BCUT2D eigenvalue weighted by atomic mass is 10.0. The number of benzene rings is 3. The molecule has 6 heteroatoms. The van der Waals surface area contributed by atoms with Crippen molar-refractivity contribution in [1.82, 2.24) is 0 Å². The largest absolute Gasteiger partial charge is 0.495 e. The van der Waals surface area contributed by atoms with E-state index >= 15 is 0 Å². The summed E-state index contributed by atoms with van der Waals surface area (Å²) in [5.74, 6) is 0.0683. The predicted molar refractivity (Wildman–Crippen MR) is 104 cm³/mol. The first kappa shape index (κ1) is 19.6.